The largest absolute Gasteiger partial charge is 0.460 e. The molecule has 80 valence electrons. The number of carbonyl (C=O) groups is 1. The van der Waals surface area contributed by atoms with E-state index in [1.54, 1.807) is 13.2 Å². The summed E-state index contributed by atoms with van der Waals surface area (Å²) in [6.07, 6.45) is 2.36. The van der Waals surface area contributed by atoms with Crippen LogP contribution in [0.5, 0.6) is 0 Å². The number of nitrogens with zero attached hydrogens (tertiary/aromatic N) is 1. The van der Waals surface area contributed by atoms with Crippen LogP contribution in [0.1, 0.15) is 30.4 Å². The Morgan fingerprint density at radius 2 is 2.27 bits per heavy atom. The second-order valence-electron chi connectivity index (χ2n) is 3.73. The fourth-order valence-corrected chi connectivity index (χ4v) is 1.93. The summed E-state index contributed by atoms with van der Waals surface area (Å²) < 4.78 is 6.50. The average molecular weight is 207 g/mol. The van der Waals surface area contributed by atoms with Gasteiger partial charge in [-0.15, -0.1) is 0 Å². The molecule has 2 rings (SSSR count). The number of cyclic esters (lactones) is 1. The Morgan fingerprint density at radius 1 is 1.53 bits per heavy atom. The molecule has 1 aliphatic heterocycles. The summed E-state index contributed by atoms with van der Waals surface area (Å²) in [5.41, 5.74) is 1.38. The van der Waals surface area contributed by atoms with Gasteiger partial charge in [-0.25, -0.2) is 0 Å². The summed E-state index contributed by atoms with van der Waals surface area (Å²) in [5.74, 6) is -0.499. The molecular formula is C11H13NO3. The third-order valence-corrected chi connectivity index (χ3v) is 2.83. The molecule has 0 fully saturated rings. The van der Waals surface area contributed by atoms with E-state index < -0.39 is 0 Å². The minimum atomic E-state index is -0.275. The van der Waals surface area contributed by atoms with Crippen molar-refractivity contribution in [1.29, 1.82) is 0 Å². The molecule has 1 unspecified atom stereocenters. The molecule has 1 aromatic rings. The highest BCUT2D eigenvalue weighted by molar-refractivity contribution is 5.79. The summed E-state index contributed by atoms with van der Waals surface area (Å²) in [6, 6.07) is 1.84. The molecule has 4 heteroatoms. The Kier molecular flexibility index (Phi) is 2.34. The summed E-state index contributed by atoms with van der Waals surface area (Å²) in [6.45, 7) is 2.02. The molecular weight excluding hydrogens is 194 g/mol. The Bertz CT molecular complexity index is 461. The molecule has 0 saturated heterocycles. The highest BCUT2D eigenvalue weighted by atomic mass is 16.5. The van der Waals surface area contributed by atoms with Crippen LogP contribution >= 0.6 is 0 Å². The van der Waals surface area contributed by atoms with Crippen molar-refractivity contribution >= 4 is 5.97 Å². The minimum Gasteiger partial charge on any atom is -0.460 e. The SMILES string of the molecule is CCC1C(=O)OCc2c1ccn(C)c2=O. The number of carbonyl (C=O) groups excluding carboxylic acids is 1. The fourth-order valence-electron chi connectivity index (χ4n) is 1.93. The first-order valence-corrected chi connectivity index (χ1v) is 5.00. The van der Waals surface area contributed by atoms with Gasteiger partial charge >= 0.3 is 5.97 Å². The first-order valence-electron chi connectivity index (χ1n) is 5.00. The van der Waals surface area contributed by atoms with Crippen LogP contribution in [-0.2, 0) is 23.2 Å². The molecule has 4 nitrogen and oxygen atoms in total. The third kappa shape index (κ3) is 1.46. The molecule has 0 aromatic carbocycles. The predicted octanol–water partition coefficient (Wildman–Crippen LogP) is 0.936. The predicted molar refractivity (Wildman–Crippen MR) is 54.5 cm³/mol. The van der Waals surface area contributed by atoms with Crippen molar-refractivity contribution < 1.29 is 9.53 Å². The third-order valence-electron chi connectivity index (χ3n) is 2.83. The van der Waals surface area contributed by atoms with Gasteiger partial charge in [0, 0.05) is 13.2 Å². The van der Waals surface area contributed by atoms with Gasteiger partial charge in [0.2, 0.25) is 0 Å². The Balaban J connectivity index is 2.61. The zero-order chi connectivity index (χ0) is 11.0. The summed E-state index contributed by atoms with van der Waals surface area (Å²) in [4.78, 5) is 23.2. The molecule has 0 aliphatic carbocycles. The smallest absolute Gasteiger partial charge is 0.313 e. The quantitative estimate of drug-likeness (QED) is 0.644. The number of esters is 1. The maximum Gasteiger partial charge on any atom is 0.313 e. The lowest BCUT2D eigenvalue weighted by Crippen LogP contribution is -2.31. The van der Waals surface area contributed by atoms with Gasteiger partial charge in [0.25, 0.3) is 5.56 Å². The highest BCUT2D eigenvalue weighted by Gasteiger charge is 2.29. The van der Waals surface area contributed by atoms with Crippen LogP contribution in [0.4, 0.5) is 0 Å². The van der Waals surface area contributed by atoms with Crippen LogP contribution in [0, 0.1) is 0 Å². The lowest BCUT2D eigenvalue weighted by atomic mass is 9.92. The standard InChI is InChI=1S/C11H13NO3/c1-3-7-8-4-5-12(2)10(13)9(8)6-15-11(7)14/h4-5,7H,3,6H2,1-2H3. The van der Waals surface area contributed by atoms with E-state index in [4.69, 9.17) is 4.74 Å². The Morgan fingerprint density at radius 3 is 2.93 bits per heavy atom. The molecule has 0 spiro atoms. The minimum absolute atomic E-state index is 0.0709. The second-order valence-corrected chi connectivity index (χ2v) is 3.73. The van der Waals surface area contributed by atoms with Crippen molar-refractivity contribution in [3.05, 3.63) is 33.7 Å². The van der Waals surface area contributed by atoms with E-state index >= 15 is 0 Å². The number of hydrogen-bond acceptors (Lipinski definition) is 3. The molecule has 2 heterocycles. The van der Waals surface area contributed by atoms with E-state index in [-0.39, 0.29) is 24.1 Å². The Labute approximate surface area is 87.5 Å². The van der Waals surface area contributed by atoms with Crippen LogP contribution in [0.3, 0.4) is 0 Å². The monoisotopic (exact) mass is 207 g/mol. The maximum absolute atomic E-state index is 11.8. The molecule has 0 saturated carbocycles. The van der Waals surface area contributed by atoms with Gasteiger partial charge in [-0.1, -0.05) is 6.92 Å². The number of aryl methyl sites for hydroxylation is 1. The lowest BCUT2D eigenvalue weighted by molar-refractivity contribution is -0.148. The van der Waals surface area contributed by atoms with Crippen LogP contribution in [0.25, 0.3) is 0 Å². The highest BCUT2D eigenvalue weighted by Crippen LogP contribution is 2.27. The molecule has 1 atom stereocenters. The number of rotatable bonds is 1. The van der Waals surface area contributed by atoms with E-state index in [0.29, 0.717) is 12.0 Å². The summed E-state index contributed by atoms with van der Waals surface area (Å²) in [7, 11) is 1.69. The molecule has 0 bridgehead atoms. The van der Waals surface area contributed by atoms with Crippen molar-refractivity contribution in [2.75, 3.05) is 0 Å². The van der Waals surface area contributed by atoms with Gasteiger partial charge in [0.15, 0.2) is 0 Å². The molecule has 15 heavy (non-hydrogen) atoms. The molecule has 0 N–H and O–H groups in total. The maximum atomic E-state index is 11.8. The first kappa shape index (κ1) is 9.96. The zero-order valence-corrected chi connectivity index (χ0v) is 8.82. The second kappa shape index (κ2) is 3.53. The van der Waals surface area contributed by atoms with Gasteiger partial charge in [-0.05, 0) is 18.1 Å². The number of fused-ring (bicyclic) bond motifs is 1. The van der Waals surface area contributed by atoms with Crippen molar-refractivity contribution in [2.24, 2.45) is 7.05 Å². The zero-order valence-electron chi connectivity index (χ0n) is 8.82. The number of pyridine rings is 1. The van der Waals surface area contributed by atoms with Gasteiger partial charge in [-0.2, -0.15) is 0 Å². The molecule has 0 radical (unpaired) electrons. The molecule has 1 aliphatic rings. The number of aromatic nitrogens is 1. The topological polar surface area (TPSA) is 48.3 Å². The van der Waals surface area contributed by atoms with E-state index in [2.05, 4.69) is 0 Å². The molecule has 0 amide bonds. The van der Waals surface area contributed by atoms with Crippen LogP contribution in [-0.4, -0.2) is 10.5 Å². The van der Waals surface area contributed by atoms with Gasteiger partial charge < -0.3 is 9.30 Å². The van der Waals surface area contributed by atoms with Crippen LogP contribution in [0.2, 0.25) is 0 Å². The number of hydrogen-bond donors (Lipinski definition) is 0. The van der Waals surface area contributed by atoms with Crippen LogP contribution in [0.15, 0.2) is 17.1 Å². The van der Waals surface area contributed by atoms with Gasteiger partial charge in [0.1, 0.15) is 6.61 Å². The lowest BCUT2D eigenvalue weighted by Gasteiger charge is -2.23. The average Bonchev–Trinajstić information content (AvgIpc) is 2.23. The first-order chi connectivity index (χ1) is 7.15. The van der Waals surface area contributed by atoms with Gasteiger partial charge in [-0.3, -0.25) is 9.59 Å². The van der Waals surface area contributed by atoms with E-state index in [9.17, 15) is 9.59 Å². The van der Waals surface area contributed by atoms with E-state index in [1.807, 2.05) is 13.0 Å². The van der Waals surface area contributed by atoms with Crippen molar-refractivity contribution in [1.82, 2.24) is 4.57 Å². The van der Waals surface area contributed by atoms with Crippen molar-refractivity contribution in [2.45, 2.75) is 25.9 Å². The molecule has 1 aromatic heterocycles. The summed E-state index contributed by atoms with van der Waals surface area (Å²) >= 11 is 0. The summed E-state index contributed by atoms with van der Waals surface area (Å²) in [5, 5.41) is 0. The van der Waals surface area contributed by atoms with Gasteiger partial charge in [0.05, 0.1) is 11.5 Å². The van der Waals surface area contributed by atoms with E-state index in [1.165, 1.54) is 4.57 Å². The van der Waals surface area contributed by atoms with Crippen LogP contribution < -0.4 is 5.56 Å². The van der Waals surface area contributed by atoms with E-state index in [0.717, 1.165) is 5.56 Å². The van der Waals surface area contributed by atoms with Crippen molar-refractivity contribution in [3.63, 3.8) is 0 Å². The Hall–Kier alpha value is -1.58. The normalized spacial score (nSPS) is 19.6. The fraction of sp³-hybridized carbons (Fsp3) is 0.455. The van der Waals surface area contributed by atoms with Crippen molar-refractivity contribution in [3.8, 4) is 0 Å². The number of ether oxygens (including phenoxy) is 1.